The molecule has 1 heterocycles. The van der Waals surface area contributed by atoms with Crippen LogP contribution >= 0.6 is 11.8 Å². The van der Waals surface area contributed by atoms with Crippen LogP contribution in [0.5, 0.6) is 0 Å². The van der Waals surface area contributed by atoms with Gasteiger partial charge in [-0.1, -0.05) is 18.7 Å². The van der Waals surface area contributed by atoms with Crippen LogP contribution in [0.2, 0.25) is 0 Å². The Morgan fingerprint density at radius 3 is 2.73 bits per heavy atom. The number of H-pyrrole nitrogens is 1. The fourth-order valence-electron chi connectivity index (χ4n) is 1.70. The molecule has 2 rings (SSSR count). The Kier molecular flexibility index (Phi) is 2.68. The molecule has 0 saturated heterocycles. The minimum absolute atomic E-state index is 0.0711. The molecule has 0 amide bonds. The zero-order valence-corrected chi connectivity index (χ0v) is 9.50. The molecule has 2 atom stereocenters. The van der Waals surface area contributed by atoms with Crippen LogP contribution in [0.25, 0.3) is 0 Å². The average Bonchev–Trinajstić information content (AvgIpc) is 2.68. The van der Waals surface area contributed by atoms with Gasteiger partial charge in [0.15, 0.2) is 5.16 Å². The second-order valence-electron chi connectivity index (χ2n) is 3.82. The van der Waals surface area contributed by atoms with Crippen molar-refractivity contribution in [2.45, 2.75) is 30.2 Å². The van der Waals surface area contributed by atoms with Gasteiger partial charge in [0.2, 0.25) is 0 Å². The lowest BCUT2D eigenvalue weighted by Gasteiger charge is -2.11. The molecule has 5 nitrogen and oxygen atoms in total. The van der Waals surface area contributed by atoms with Crippen LogP contribution in [0.3, 0.4) is 0 Å². The summed E-state index contributed by atoms with van der Waals surface area (Å²) in [6.07, 6.45) is 1.53. The van der Waals surface area contributed by atoms with Gasteiger partial charge in [-0.15, -0.1) is 5.10 Å². The predicted octanol–water partition coefficient (Wildman–Crippen LogP) is 0.568. The van der Waals surface area contributed by atoms with E-state index in [0.717, 1.165) is 6.42 Å². The highest BCUT2D eigenvalue weighted by atomic mass is 32.2. The van der Waals surface area contributed by atoms with Crippen LogP contribution in [0.15, 0.2) is 9.95 Å². The maximum Gasteiger partial charge on any atom is 0.343 e. The van der Waals surface area contributed by atoms with E-state index in [0.29, 0.717) is 17.4 Å². The van der Waals surface area contributed by atoms with E-state index in [9.17, 15) is 9.59 Å². The number of Topliss-reactive ketones (excluding diaryl/α,β-unsaturated/α-hetero) is 1. The fourth-order valence-corrected chi connectivity index (χ4v) is 2.91. The van der Waals surface area contributed by atoms with Crippen molar-refractivity contribution >= 4 is 17.5 Å². The summed E-state index contributed by atoms with van der Waals surface area (Å²) in [7, 11) is 1.68. The summed E-state index contributed by atoms with van der Waals surface area (Å²) < 4.78 is 1.47. The van der Waals surface area contributed by atoms with E-state index < -0.39 is 0 Å². The molecule has 1 saturated carbocycles. The molecule has 1 aliphatic carbocycles. The quantitative estimate of drug-likeness (QED) is 0.802. The van der Waals surface area contributed by atoms with Gasteiger partial charge in [0, 0.05) is 24.6 Å². The molecule has 1 N–H and O–H groups in total. The first-order valence-electron chi connectivity index (χ1n) is 4.90. The summed E-state index contributed by atoms with van der Waals surface area (Å²) in [5, 5.41) is 7.22. The van der Waals surface area contributed by atoms with Gasteiger partial charge < -0.3 is 0 Å². The lowest BCUT2D eigenvalue weighted by Crippen LogP contribution is -2.16. The highest BCUT2D eigenvalue weighted by Gasteiger charge is 2.32. The average molecular weight is 227 g/mol. The largest absolute Gasteiger partial charge is 0.343 e. The zero-order valence-electron chi connectivity index (χ0n) is 8.69. The number of nitrogens with one attached hydrogen (secondary N) is 1. The SMILES string of the molecule is CC1C(=O)CCC1Sc1n[nH]c(=O)n1C. The molecule has 1 aromatic heterocycles. The Hall–Kier alpha value is -1.04. The Balaban J connectivity index is 2.13. The van der Waals surface area contributed by atoms with E-state index in [1.165, 1.54) is 16.3 Å². The molecule has 82 valence electrons. The standard InChI is InChI=1S/C9H13N3O2S/c1-5-6(13)3-4-7(5)15-9-11-10-8(14)12(9)2/h5,7H,3-4H2,1-2H3,(H,10,14). The van der Waals surface area contributed by atoms with Crippen LogP contribution in [-0.2, 0) is 11.8 Å². The minimum Gasteiger partial charge on any atom is -0.299 e. The van der Waals surface area contributed by atoms with Crippen molar-refractivity contribution in [3.8, 4) is 0 Å². The lowest BCUT2D eigenvalue weighted by atomic mass is 10.1. The molecule has 1 aliphatic rings. The number of rotatable bonds is 2. The van der Waals surface area contributed by atoms with Gasteiger partial charge in [0.1, 0.15) is 5.78 Å². The first-order chi connectivity index (χ1) is 7.09. The number of ketones is 1. The fraction of sp³-hybridized carbons (Fsp3) is 0.667. The number of aromatic amines is 1. The summed E-state index contributed by atoms with van der Waals surface area (Å²) in [6, 6.07) is 0. The lowest BCUT2D eigenvalue weighted by molar-refractivity contribution is -0.120. The van der Waals surface area contributed by atoms with Gasteiger partial charge in [-0.3, -0.25) is 9.36 Å². The van der Waals surface area contributed by atoms with E-state index in [1.54, 1.807) is 7.05 Å². The summed E-state index contributed by atoms with van der Waals surface area (Å²) in [5.41, 5.74) is -0.213. The van der Waals surface area contributed by atoms with Gasteiger partial charge in [-0.2, -0.15) is 0 Å². The van der Waals surface area contributed by atoms with Gasteiger partial charge >= 0.3 is 5.69 Å². The molecular formula is C9H13N3O2S. The monoisotopic (exact) mass is 227 g/mol. The number of hydrogen-bond acceptors (Lipinski definition) is 4. The minimum atomic E-state index is -0.213. The van der Waals surface area contributed by atoms with Crippen molar-refractivity contribution < 1.29 is 4.79 Å². The zero-order chi connectivity index (χ0) is 11.0. The van der Waals surface area contributed by atoms with E-state index in [-0.39, 0.29) is 16.9 Å². The van der Waals surface area contributed by atoms with Gasteiger partial charge in [0.05, 0.1) is 0 Å². The predicted molar refractivity (Wildman–Crippen MR) is 56.9 cm³/mol. The molecule has 0 aromatic carbocycles. The molecule has 1 aromatic rings. The van der Waals surface area contributed by atoms with E-state index in [4.69, 9.17) is 0 Å². The number of carbonyl (C=O) groups excluding carboxylic acids is 1. The van der Waals surface area contributed by atoms with E-state index in [2.05, 4.69) is 10.2 Å². The molecule has 0 bridgehead atoms. The molecule has 15 heavy (non-hydrogen) atoms. The molecule has 2 unspecified atom stereocenters. The van der Waals surface area contributed by atoms with Crippen LogP contribution < -0.4 is 5.69 Å². The van der Waals surface area contributed by atoms with Gasteiger partial charge in [0.25, 0.3) is 0 Å². The number of thioether (sulfide) groups is 1. The van der Waals surface area contributed by atoms with Gasteiger partial charge in [-0.05, 0) is 6.42 Å². The Labute approximate surface area is 91.3 Å². The van der Waals surface area contributed by atoms with E-state index >= 15 is 0 Å². The van der Waals surface area contributed by atoms with Crippen molar-refractivity contribution in [3.63, 3.8) is 0 Å². The summed E-state index contributed by atoms with van der Waals surface area (Å²) >= 11 is 1.51. The third kappa shape index (κ3) is 1.86. The highest BCUT2D eigenvalue weighted by molar-refractivity contribution is 7.99. The first-order valence-corrected chi connectivity index (χ1v) is 5.78. The summed E-state index contributed by atoms with van der Waals surface area (Å²) in [5.74, 6) is 0.384. The maximum atomic E-state index is 11.4. The Morgan fingerprint density at radius 1 is 1.53 bits per heavy atom. The summed E-state index contributed by atoms with van der Waals surface area (Å²) in [4.78, 5) is 22.5. The van der Waals surface area contributed by atoms with Crippen LogP contribution in [-0.4, -0.2) is 25.8 Å². The van der Waals surface area contributed by atoms with Crippen molar-refractivity contribution in [1.82, 2.24) is 14.8 Å². The second kappa shape index (κ2) is 3.84. The number of nitrogens with zero attached hydrogens (tertiary/aromatic N) is 2. The third-order valence-electron chi connectivity index (χ3n) is 2.84. The van der Waals surface area contributed by atoms with Crippen molar-refractivity contribution in [1.29, 1.82) is 0 Å². The van der Waals surface area contributed by atoms with Crippen LogP contribution in [0.4, 0.5) is 0 Å². The molecule has 6 heteroatoms. The van der Waals surface area contributed by atoms with Crippen molar-refractivity contribution in [2.24, 2.45) is 13.0 Å². The summed E-state index contributed by atoms with van der Waals surface area (Å²) in [6.45, 7) is 1.94. The first kappa shape index (κ1) is 10.5. The van der Waals surface area contributed by atoms with Crippen LogP contribution in [0, 0.1) is 5.92 Å². The molecule has 0 aliphatic heterocycles. The number of carbonyl (C=O) groups is 1. The van der Waals surface area contributed by atoms with Crippen LogP contribution in [0.1, 0.15) is 19.8 Å². The Morgan fingerprint density at radius 2 is 2.27 bits per heavy atom. The molecule has 0 radical (unpaired) electrons. The molecular weight excluding hydrogens is 214 g/mol. The topological polar surface area (TPSA) is 67.8 Å². The smallest absolute Gasteiger partial charge is 0.299 e. The van der Waals surface area contributed by atoms with E-state index in [1.807, 2.05) is 6.92 Å². The highest BCUT2D eigenvalue weighted by Crippen LogP contribution is 2.35. The Bertz CT molecular complexity index is 437. The van der Waals surface area contributed by atoms with Crippen molar-refractivity contribution in [3.05, 3.63) is 10.5 Å². The molecule has 1 fully saturated rings. The van der Waals surface area contributed by atoms with Crippen molar-refractivity contribution in [2.75, 3.05) is 0 Å². The molecule has 0 spiro atoms. The normalized spacial score (nSPS) is 26.1. The third-order valence-corrected chi connectivity index (χ3v) is 4.36. The number of hydrogen-bond donors (Lipinski definition) is 1. The van der Waals surface area contributed by atoms with Gasteiger partial charge in [-0.25, -0.2) is 9.89 Å². The number of aromatic nitrogens is 3. The maximum absolute atomic E-state index is 11.4. The second-order valence-corrected chi connectivity index (χ2v) is 5.03.